The average Bonchev–Trinajstić information content (AvgIpc) is 2.32. The van der Waals surface area contributed by atoms with Crippen LogP contribution >= 0.6 is 15.9 Å². The van der Waals surface area contributed by atoms with Crippen LogP contribution in [0.15, 0.2) is 45.9 Å². The van der Waals surface area contributed by atoms with E-state index in [0.29, 0.717) is 24.5 Å². The first-order valence-corrected chi connectivity index (χ1v) is 7.30. The number of rotatable bonds is 4. The molecule has 0 aromatic heterocycles. The normalized spacial score (nSPS) is 22.7. The molecule has 0 heterocycles. The Bertz CT molecular complexity index is 473. The van der Waals surface area contributed by atoms with Crippen LogP contribution in [-0.4, -0.2) is 18.5 Å². The molecule has 3 N–H and O–H groups in total. The number of hydrogen-bond acceptors (Lipinski definition) is 1. The Labute approximate surface area is 123 Å². The Morgan fingerprint density at radius 1 is 1.42 bits per heavy atom. The lowest BCUT2D eigenvalue weighted by atomic mass is 9.76. The highest BCUT2D eigenvalue weighted by Gasteiger charge is 2.30. The van der Waals surface area contributed by atoms with Gasteiger partial charge < -0.3 is 11.1 Å². The fraction of sp³-hybridized carbons (Fsp3) is 0.400. The monoisotopic (exact) mass is 321 g/mol. The van der Waals surface area contributed by atoms with Crippen LogP contribution in [0.3, 0.4) is 0 Å². The van der Waals surface area contributed by atoms with Crippen LogP contribution < -0.4 is 11.1 Å². The molecule has 0 amide bonds. The summed E-state index contributed by atoms with van der Waals surface area (Å²) in [5, 5.41) is 3.26. The molecular formula is C15H20BrN3. The highest BCUT2D eigenvalue weighted by Crippen LogP contribution is 2.37. The van der Waals surface area contributed by atoms with Crippen molar-refractivity contribution in [1.29, 1.82) is 0 Å². The molecule has 0 bridgehead atoms. The van der Waals surface area contributed by atoms with Gasteiger partial charge in [-0.25, -0.2) is 4.99 Å². The van der Waals surface area contributed by atoms with Crippen molar-refractivity contribution in [2.75, 3.05) is 6.54 Å². The molecule has 0 atom stereocenters. The fourth-order valence-electron chi connectivity index (χ4n) is 2.22. The van der Waals surface area contributed by atoms with Crippen molar-refractivity contribution in [2.45, 2.75) is 31.7 Å². The Kier molecular flexibility index (Phi) is 4.64. The summed E-state index contributed by atoms with van der Waals surface area (Å²) in [6.07, 6.45) is 2.23. The minimum Gasteiger partial charge on any atom is -0.370 e. The zero-order valence-corrected chi connectivity index (χ0v) is 12.8. The molecule has 0 unspecified atom stereocenters. The molecule has 0 radical (unpaired) electrons. The van der Waals surface area contributed by atoms with Gasteiger partial charge in [0.25, 0.3) is 0 Å². The molecule has 102 valence electrons. The first-order chi connectivity index (χ1) is 9.04. The van der Waals surface area contributed by atoms with Gasteiger partial charge in [-0.3, -0.25) is 0 Å². The van der Waals surface area contributed by atoms with E-state index >= 15 is 0 Å². The summed E-state index contributed by atoms with van der Waals surface area (Å²) in [4.78, 5) is 4.23. The molecule has 3 nitrogen and oxygen atoms in total. The number of hydrogen-bond donors (Lipinski definition) is 2. The molecule has 1 aromatic rings. The molecule has 1 aliphatic rings. The van der Waals surface area contributed by atoms with Crippen molar-refractivity contribution >= 4 is 21.9 Å². The van der Waals surface area contributed by atoms with E-state index in [1.54, 1.807) is 0 Å². The second kappa shape index (κ2) is 6.24. The fourth-order valence-corrected chi connectivity index (χ4v) is 2.48. The lowest BCUT2D eigenvalue weighted by molar-refractivity contribution is 0.323. The molecule has 0 aliphatic heterocycles. The molecule has 2 rings (SSSR count). The minimum atomic E-state index is 0.447. The molecule has 0 spiro atoms. The third-order valence-corrected chi connectivity index (χ3v) is 3.88. The SMILES string of the molecule is C=C(C)CN=C(N)NC1CC(c2ccc(Br)cc2)C1. The maximum absolute atomic E-state index is 5.83. The quantitative estimate of drug-likeness (QED) is 0.508. The minimum absolute atomic E-state index is 0.447. The highest BCUT2D eigenvalue weighted by atomic mass is 79.9. The van der Waals surface area contributed by atoms with E-state index in [2.05, 4.69) is 57.1 Å². The van der Waals surface area contributed by atoms with E-state index in [9.17, 15) is 0 Å². The number of nitrogens with one attached hydrogen (secondary N) is 1. The first-order valence-electron chi connectivity index (χ1n) is 6.51. The van der Waals surface area contributed by atoms with Crippen LogP contribution in [0.4, 0.5) is 0 Å². The van der Waals surface area contributed by atoms with Gasteiger partial charge in [-0.2, -0.15) is 0 Å². The Morgan fingerprint density at radius 3 is 2.63 bits per heavy atom. The number of guanidine groups is 1. The van der Waals surface area contributed by atoms with Gasteiger partial charge in [0.05, 0.1) is 6.54 Å². The summed E-state index contributed by atoms with van der Waals surface area (Å²) >= 11 is 3.46. The standard InChI is InChI=1S/C15H20BrN3/c1-10(2)9-18-15(17)19-14-7-12(8-14)11-3-5-13(16)6-4-11/h3-6,12,14H,1,7-9H2,2H3,(H3,17,18,19). The van der Waals surface area contributed by atoms with Crippen molar-refractivity contribution in [3.8, 4) is 0 Å². The van der Waals surface area contributed by atoms with E-state index in [4.69, 9.17) is 5.73 Å². The second-order valence-electron chi connectivity index (χ2n) is 5.22. The van der Waals surface area contributed by atoms with Crippen LogP contribution in [0, 0.1) is 0 Å². The molecular weight excluding hydrogens is 302 g/mol. The van der Waals surface area contributed by atoms with Crippen LogP contribution in [-0.2, 0) is 0 Å². The highest BCUT2D eigenvalue weighted by molar-refractivity contribution is 9.10. The van der Waals surface area contributed by atoms with E-state index in [0.717, 1.165) is 22.9 Å². The van der Waals surface area contributed by atoms with Gasteiger partial charge >= 0.3 is 0 Å². The third kappa shape index (κ3) is 4.10. The van der Waals surface area contributed by atoms with Crippen LogP contribution in [0.25, 0.3) is 0 Å². The van der Waals surface area contributed by atoms with E-state index in [1.165, 1.54) is 5.56 Å². The lowest BCUT2D eigenvalue weighted by Gasteiger charge is -2.36. The maximum Gasteiger partial charge on any atom is 0.189 e. The van der Waals surface area contributed by atoms with Gasteiger partial charge in [-0.05, 0) is 43.4 Å². The number of aliphatic imine (C=N–C) groups is 1. The molecule has 1 fully saturated rings. The number of halogens is 1. The zero-order chi connectivity index (χ0) is 13.8. The molecule has 1 aromatic carbocycles. The van der Waals surface area contributed by atoms with Crippen molar-refractivity contribution in [3.05, 3.63) is 46.5 Å². The summed E-state index contributed by atoms with van der Waals surface area (Å²) in [5.41, 5.74) is 8.25. The predicted octanol–water partition coefficient (Wildman–Crippen LogP) is 3.18. The zero-order valence-electron chi connectivity index (χ0n) is 11.2. The number of nitrogens with two attached hydrogens (primary N) is 1. The lowest BCUT2D eigenvalue weighted by Crippen LogP contribution is -2.46. The summed E-state index contributed by atoms with van der Waals surface area (Å²) in [6, 6.07) is 9.01. The third-order valence-electron chi connectivity index (χ3n) is 3.35. The number of benzene rings is 1. The van der Waals surface area contributed by atoms with Crippen molar-refractivity contribution in [1.82, 2.24) is 5.32 Å². The summed E-state index contributed by atoms with van der Waals surface area (Å²) < 4.78 is 1.13. The van der Waals surface area contributed by atoms with Gasteiger partial charge in [-0.1, -0.05) is 40.2 Å². The molecule has 1 saturated carbocycles. The second-order valence-corrected chi connectivity index (χ2v) is 6.14. The molecule has 4 heteroatoms. The average molecular weight is 322 g/mol. The largest absolute Gasteiger partial charge is 0.370 e. The smallest absolute Gasteiger partial charge is 0.189 e. The van der Waals surface area contributed by atoms with Crippen LogP contribution in [0.2, 0.25) is 0 Å². The predicted molar refractivity (Wildman–Crippen MR) is 84.3 cm³/mol. The van der Waals surface area contributed by atoms with Crippen LogP contribution in [0.1, 0.15) is 31.2 Å². The van der Waals surface area contributed by atoms with Crippen molar-refractivity contribution in [3.63, 3.8) is 0 Å². The van der Waals surface area contributed by atoms with Gasteiger partial charge in [0.1, 0.15) is 0 Å². The first kappa shape index (κ1) is 14.1. The topological polar surface area (TPSA) is 50.4 Å². The Morgan fingerprint density at radius 2 is 2.05 bits per heavy atom. The molecule has 1 aliphatic carbocycles. The van der Waals surface area contributed by atoms with E-state index in [1.807, 2.05) is 6.92 Å². The summed E-state index contributed by atoms with van der Waals surface area (Å²) in [5.74, 6) is 1.17. The van der Waals surface area contributed by atoms with Gasteiger partial charge in [0.2, 0.25) is 0 Å². The summed E-state index contributed by atoms with van der Waals surface area (Å²) in [7, 11) is 0. The van der Waals surface area contributed by atoms with E-state index < -0.39 is 0 Å². The van der Waals surface area contributed by atoms with Gasteiger partial charge in [0, 0.05) is 10.5 Å². The summed E-state index contributed by atoms with van der Waals surface area (Å²) in [6.45, 7) is 6.35. The van der Waals surface area contributed by atoms with E-state index in [-0.39, 0.29) is 0 Å². The van der Waals surface area contributed by atoms with Crippen molar-refractivity contribution < 1.29 is 0 Å². The van der Waals surface area contributed by atoms with Crippen molar-refractivity contribution in [2.24, 2.45) is 10.7 Å². The van der Waals surface area contributed by atoms with Gasteiger partial charge in [-0.15, -0.1) is 0 Å². The van der Waals surface area contributed by atoms with Crippen LogP contribution in [0.5, 0.6) is 0 Å². The Balaban J connectivity index is 1.78. The van der Waals surface area contributed by atoms with Gasteiger partial charge in [0.15, 0.2) is 5.96 Å². The maximum atomic E-state index is 5.83. The number of nitrogens with zero attached hydrogens (tertiary/aromatic N) is 1. The molecule has 0 saturated heterocycles. The molecule has 19 heavy (non-hydrogen) atoms. The Hall–Kier alpha value is -1.29.